The van der Waals surface area contributed by atoms with Crippen molar-refractivity contribution in [2.75, 3.05) is 0 Å². The van der Waals surface area contributed by atoms with Crippen molar-refractivity contribution in [2.45, 2.75) is 32.4 Å². The first-order valence-electron chi connectivity index (χ1n) is 5.84. The van der Waals surface area contributed by atoms with Crippen molar-refractivity contribution in [3.05, 3.63) is 38.9 Å². The van der Waals surface area contributed by atoms with Crippen LogP contribution in [0.2, 0.25) is 5.02 Å². The summed E-state index contributed by atoms with van der Waals surface area (Å²) in [5.74, 6) is -0.917. The van der Waals surface area contributed by atoms with Gasteiger partial charge in [-0.05, 0) is 18.1 Å². The monoisotopic (exact) mass is 286 g/mol. The summed E-state index contributed by atoms with van der Waals surface area (Å²) >= 11 is 5.92. The molecule has 2 N–H and O–H groups in total. The number of nitrogens with zero attached hydrogens (tertiary/aromatic N) is 1. The zero-order valence-corrected chi connectivity index (χ0v) is 11.2. The minimum absolute atomic E-state index is 0.0860. The summed E-state index contributed by atoms with van der Waals surface area (Å²) in [4.78, 5) is 21.0. The second-order valence-electron chi connectivity index (χ2n) is 4.09. The van der Waals surface area contributed by atoms with Crippen LogP contribution in [0.4, 0.5) is 5.69 Å². The smallest absolute Gasteiger partial charge is 0.320 e. The number of aliphatic carboxylic acids is 1. The van der Waals surface area contributed by atoms with E-state index in [1.54, 1.807) is 0 Å². The molecule has 0 saturated carbocycles. The Balaban J connectivity index is 2.72. The molecular weight excluding hydrogens is 272 g/mol. The molecule has 104 valence electrons. The van der Waals surface area contributed by atoms with Gasteiger partial charge < -0.3 is 10.4 Å². The van der Waals surface area contributed by atoms with E-state index in [0.29, 0.717) is 12.0 Å². The Morgan fingerprint density at radius 1 is 1.58 bits per heavy atom. The molecule has 0 spiro atoms. The summed E-state index contributed by atoms with van der Waals surface area (Å²) in [7, 11) is 0. The van der Waals surface area contributed by atoms with Crippen LogP contribution in [-0.4, -0.2) is 22.0 Å². The molecule has 0 aromatic heterocycles. The van der Waals surface area contributed by atoms with Gasteiger partial charge >= 0.3 is 5.97 Å². The molecule has 1 aromatic carbocycles. The van der Waals surface area contributed by atoms with E-state index in [4.69, 9.17) is 16.7 Å². The van der Waals surface area contributed by atoms with E-state index in [2.05, 4.69) is 5.32 Å². The maximum Gasteiger partial charge on any atom is 0.320 e. The van der Waals surface area contributed by atoms with Crippen molar-refractivity contribution in [3.8, 4) is 0 Å². The summed E-state index contributed by atoms with van der Waals surface area (Å²) < 4.78 is 0. The van der Waals surface area contributed by atoms with Gasteiger partial charge in [0.25, 0.3) is 5.69 Å². The fourth-order valence-corrected chi connectivity index (χ4v) is 1.87. The average molecular weight is 287 g/mol. The minimum atomic E-state index is -0.917. The van der Waals surface area contributed by atoms with Gasteiger partial charge in [-0.2, -0.15) is 0 Å². The number of halogens is 1. The molecular formula is C12H15ClN2O4. The molecule has 0 saturated heterocycles. The molecule has 1 aromatic rings. The number of hydrogen-bond donors (Lipinski definition) is 2. The Morgan fingerprint density at radius 2 is 2.26 bits per heavy atom. The van der Waals surface area contributed by atoms with Gasteiger partial charge in [-0.25, -0.2) is 0 Å². The van der Waals surface area contributed by atoms with Crippen LogP contribution in [-0.2, 0) is 11.3 Å². The van der Waals surface area contributed by atoms with Gasteiger partial charge in [-0.15, -0.1) is 0 Å². The second kappa shape index (κ2) is 7.06. The number of carbonyl (C=O) groups is 1. The third kappa shape index (κ3) is 4.50. The van der Waals surface area contributed by atoms with Gasteiger partial charge in [0, 0.05) is 18.7 Å². The molecule has 0 aliphatic heterocycles. The molecule has 0 bridgehead atoms. The van der Waals surface area contributed by atoms with Gasteiger partial charge in [0.05, 0.1) is 9.95 Å². The van der Waals surface area contributed by atoms with Crippen molar-refractivity contribution in [3.63, 3.8) is 0 Å². The van der Waals surface area contributed by atoms with Crippen LogP contribution in [0.25, 0.3) is 0 Å². The lowest BCUT2D eigenvalue weighted by atomic mass is 10.1. The fourth-order valence-electron chi connectivity index (χ4n) is 1.63. The average Bonchev–Trinajstić information content (AvgIpc) is 2.35. The minimum Gasteiger partial charge on any atom is -0.480 e. The lowest BCUT2D eigenvalue weighted by Crippen LogP contribution is -2.36. The Hall–Kier alpha value is -1.66. The number of carboxylic acid groups (broad SMARTS) is 1. The predicted octanol–water partition coefficient (Wildman–Crippen LogP) is 2.59. The first-order valence-corrected chi connectivity index (χ1v) is 6.22. The van der Waals surface area contributed by atoms with E-state index in [0.717, 1.165) is 6.42 Å². The first-order chi connectivity index (χ1) is 8.95. The number of nitro benzene ring substituents is 1. The molecule has 0 aliphatic carbocycles. The topological polar surface area (TPSA) is 92.5 Å². The number of rotatable bonds is 7. The Labute approximate surface area is 115 Å². The Kier molecular flexibility index (Phi) is 5.72. The molecule has 0 heterocycles. The molecule has 1 unspecified atom stereocenters. The van der Waals surface area contributed by atoms with Crippen LogP contribution in [0.5, 0.6) is 0 Å². The Bertz CT molecular complexity index is 479. The normalized spacial score (nSPS) is 12.1. The van der Waals surface area contributed by atoms with E-state index in [1.807, 2.05) is 6.92 Å². The molecule has 0 amide bonds. The maximum atomic E-state index is 11.0. The van der Waals surface area contributed by atoms with Gasteiger partial charge in [-0.3, -0.25) is 14.9 Å². The SMILES string of the molecule is CCCC(NCc1ccc([N+](=O)[O-])cc1Cl)C(=O)O. The molecule has 0 aliphatic rings. The first kappa shape index (κ1) is 15.4. The van der Waals surface area contributed by atoms with E-state index >= 15 is 0 Å². The largest absolute Gasteiger partial charge is 0.480 e. The zero-order valence-electron chi connectivity index (χ0n) is 10.4. The highest BCUT2D eigenvalue weighted by atomic mass is 35.5. The van der Waals surface area contributed by atoms with E-state index in [1.165, 1.54) is 18.2 Å². The van der Waals surface area contributed by atoms with Crippen LogP contribution in [0.15, 0.2) is 18.2 Å². The fraction of sp³-hybridized carbons (Fsp3) is 0.417. The highest BCUT2D eigenvalue weighted by molar-refractivity contribution is 6.31. The van der Waals surface area contributed by atoms with Crippen LogP contribution < -0.4 is 5.32 Å². The standard InChI is InChI=1S/C12H15ClN2O4/c1-2-3-11(12(16)17)14-7-8-4-5-9(15(18)19)6-10(8)13/h4-6,11,14H,2-3,7H2,1H3,(H,16,17). The van der Waals surface area contributed by atoms with Crippen molar-refractivity contribution in [2.24, 2.45) is 0 Å². The summed E-state index contributed by atoms with van der Waals surface area (Å²) in [6.07, 6.45) is 1.26. The molecule has 6 nitrogen and oxygen atoms in total. The van der Waals surface area contributed by atoms with Crippen molar-refractivity contribution in [1.82, 2.24) is 5.32 Å². The maximum absolute atomic E-state index is 11.0. The van der Waals surface area contributed by atoms with Crippen molar-refractivity contribution in [1.29, 1.82) is 0 Å². The van der Waals surface area contributed by atoms with Gasteiger partial charge in [0.15, 0.2) is 0 Å². The van der Waals surface area contributed by atoms with Crippen LogP contribution >= 0.6 is 11.6 Å². The van der Waals surface area contributed by atoms with E-state index in [9.17, 15) is 14.9 Å². The number of nitrogens with one attached hydrogen (secondary N) is 1. The summed E-state index contributed by atoms with van der Waals surface area (Å²) in [5, 5.41) is 22.7. The van der Waals surface area contributed by atoms with Crippen molar-refractivity contribution < 1.29 is 14.8 Å². The highest BCUT2D eigenvalue weighted by Crippen LogP contribution is 2.22. The quantitative estimate of drug-likeness (QED) is 0.593. The number of hydrogen-bond acceptors (Lipinski definition) is 4. The van der Waals surface area contributed by atoms with Crippen molar-refractivity contribution >= 4 is 23.3 Å². The number of benzene rings is 1. The Morgan fingerprint density at radius 3 is 2.74 bits per heavy atom. The van der Waals surface area contributed by atoms with E-state index in [-0.39, 0.29) is 17.3 Å². The molecule has 1 atom stereocenters. The lowest BCUT2D eigenvalue weighted by molar-refractivity contribution is -0.384. The molecule has 1 rings (SSSR count). The summed E-state index contributed by atoms with van der Waals surface area (Å²) in [6.45, 7) is 2.16. The lowest BCUT2D eigenvalue weighted by Gasteiger charge is -2.14. The molecule has 7 heteroatoms. The molecule has 0 radical (unpaired) electrons. The number of non-ortho nitro benzene ring substituents is 1. The van der Waals surface area contributed by atoms with Gasteiger partial charge in [-0.1, -0.05) is 24.9 Å². The van der Waals surface area contributed by atoms with Crippen LogP contribution in [0, 0.1) is 10.1 Å². The number of carboxylic acids is 1. The van der Waals surface area contributed by atoms with E-state index < -0.39 is 16.9 Å². The van der Waals surface area contributed by atoms with Crippen LogP contribution in [0.1, 0.15) is 25.3 Å². The molecule has 19 heavy (non-hydrogen) atoms. The summed E-state index contributed by atoms with van der Waals surface area (Å²) in [5.41, 5.74) is 0.548. The second-order valence-corrected chi connectivity index (χ2v) is 4.50. The number of nitro groups is 1. The van der Waals surface area contributed by atoms with Crippen LogP contribution in [0.3, 0.4) is 0 Å². The predicted molar refractivity (Wildman–Crippen MR) is 71.3 cm³/mol. The van der Waals surface area contributed by atoms with Gasteiger partial charge in [0.2, 0.25) is 0 Å². The zero-order chi connectivity index (χ0) is 14.4. The third-order valence-corrected chi connectivity index (χ3v) is 3.01. The van der Waals surface area contributed by atoms with Gasteiger partial charge in [0.1, 0.15) is 6.04 Å². The third-order valence-electron chi connectivity index (χ3n) is 2.66. The highest BCUT2D eigenvalue weighted by Gasteiger charge is 2.16. The molecule has 0 fully saturated rings. The summed E-state index contributed by atoms with van der Waals surface area (Å²) in [6, 6.07) is 3.49.